The third kappa shape index (κ3) is 3.82. The van der Waals surface area contributed by atoms with Crippen molar-refractivity contribution in [2.45, 2.75) is 25.9 Å². The van der Waals surface area contributed by atoms with E-state index in [0.29, 0.717) is 11.5 Å². The molecule has 1 aromatic carbocycles. The summed E-state index contributed by atoms with van der Waals surface area (Å²) in [4.78, 5) is 18.9. The molecular weight excluding hydrogens is 300 g/mol. The van der Waals surface area contributed by atoms with Crippen molar-refractivity contribution in [2.75, 3.05) is 20.2 Å². The number of amides is 1. The lowest BCUT2D eigenvalue weighted by atomic mass is 9.88. The van der Waals surface area contributed by atoms with Gasteiger partial charge in [0.2, 0.25) is 0 Å². The molecule has 1 fully saturated rings. The fraction of sp³-hybridized carbons (Fsp3) is 0.400. The monoisotopic (exact) mass is 324 g/mol. The minimum Gasteiger partial charge on any atom is -0.381 e. The maximum absolute atomic E-state index is 12.7. The van der Waals surface area contributed by atoms with E-state index in [0.717, 1.165) is 31.6 Å². The van der Waals surface area contributed by atoms with Crippen LogP contribution in [-0.4, -0.2) is 42.1 Å². The van der Waals surface area contributed by atoms with Crippen LogP contribution in [0, 0.1) is 12.8 Å². The first-order valence-electron chi connectivity index (χ1n) is 8.46. The van der Waals surface area contributed by atoms with Crippen molar-refractivity contribution in [3.05, 3.63) is 65.5 Å². The highest BCUT2D eigenvalue weighted by atomic mass is 16.5. The molecule has 1 aliphatic rings. The molecule has 3 rings (SSSR count). The highest BCUT2D eigenvalue weighted by Crippen LogP contribution is 2.24. The summed E-state index contributed by atoms with van der Waals surface area (Å²) < 4.78 is 5.68. The molecule has 1 saturated heterocycles. The van der Waals surface area contributed by atoms with Crippen LogP contribution in [0.2, 0.25) is 0 Å². The van der Waals surface area contributed by atoms with Crippen LogP contribution in [0.25, 0.3) is 0 Å². The highest BCUT2D eigenvalue weighted by Gasteiger charge is 2.32. The number of hydrogen-bond donors (Lipinski definition) is 0. The Morgan fingerprint density at radius 3 is 2.71 bits per heavy atom. The Hall–Kier alpha value is -2.20. The van der Waals surface area contributed by atoms with Crippen molar-refractivity contribution < 1.29 is 9.53 Å². The average molecular weight is 324 g/mol. The molecule has 0 N–H and O–H groups in total. The quantitative estimate of drug-likeness (QED) is 0.868. The SMILES string of the molecule is CO[C@H]1CCN(C(=O)c2ccc(C)nc2)C[C@H]1Cc1ccccc1. The van der Waals surface area contributed by atoms with Crippen LogP contribution in [0.1, 0.15) is 28.0 Å². The topological polar surface area (TPSA) is 42.4 Å². The number of carbonyl (C=O) groups is 1. The summed E-state index contributed by atoms with van der Waals surface area (Å²) in [6.45, 7) is 3.38. The van der Waals surface area contributed by atoms with Crippen molar-refractivity contribution in [1.29, 1.82) is 0 Å². The zero-order chi connectivity index (χ0) is 16.9. The number of nitrogens with zero attached hydrogens (tertiary/aromatic N) is 2. The number of aryl methyl sites for hydroxylation is 1. The van der Waals surface area contributed by atoms with E-state index in [1.54, 1.807) is 13.3 Å². The van der Waals surface area contributed by atoms with E-state index in [9.17, 15) is 4.79 Å². The smallest absolute Gasteiger partial charge is 0.255 e. The molecule has 126 valence electrons. The number of methoxy groups -OCH3 is 1. The largest absolute Gasteiger partial charge is 0.381 e. The molecule has 0 aliphatic carbocycles. The van der Waals surface area contributed by atoms with Crippen molar-refractivity contribution in [2.24, 2.45) is 5.92 Å². The first kappa shape index (κ1) is 16.7. The van der Waals surface area contributed by atoms with Gasteiger partial charge in [0, 0.05) is 38.0 Å². The fourth-order valence-electron chi connectivity index (χ4n) is 3.40. The van der Waals surface area contributed by atoms with Crippen LogP contribution in [0.4, 0.5) is 0 Å². The van der Waals surface area contributed by atoms with Gasteiger partial charge < -0.3 is 9.64 Å². The van der Waals surface area contributed by atoms with Crippen LogP contribution >= 0.6 is 0 Å². The number of hydrogen-bond acceptors (Lipinski definition) is 3. The summed E-state index contributed by atoms with van der Waals surface area (Å²) in [5.41, 5.74) is 2.87. The number of rotatable bonds is 4. The van der Waals surface area contributed by atoms with Gasteiger partial charge in [-0.1, -0.05) is 30.3 Å². The molecule has 2 aromatic rings. The Balaban J connectivity index is 1.72. The van der Waals surface area contributed by atoms with Crippen LogP contribution < -0.4 is 0 Å². The third-order valence-electron chi connectivity index (χ3n) is 4.75. The van der Waals surface area contributed by atoms with Gasteiger partial charge in [-0.15, -0.1) is 0 Å². The number of ether oxygens (including phenoxy) is 1. The Kier molecular flexibility index (Phi) is 5.26. The zero-order valence-electron chi connectivity index (χ0n) is 14.3. The van der Waals surface area contributed by atoms with Crippen LogP contribution in [0.15, 0.2) is 48.7 Å². The predicted molar refractivity (Wildman–Crippen MR) is 93.9 cm³/mol. The number of piperidine rings is 1. The minimum atomic E-state index is 0.0649. The van der Waals surface area contributed by atoms with Gasteiger partial charge in [-0.2, -0.15) is 0 Å². The van der Waals surface area contributed by atoms with Gasteiger partial charge in [-0.05, 0) is 37.5 Å². The Bertz CT molecular complexity index is 670. The van der Waals surface area contributed by atoms with Crippen molar-refractivity contribution in [3.8, 4) is 0 Å². The van der Waals surface area contributed by atoms with Crippen LogP contribution in [0.3, 0.4) is 0 Å². The maximum Gasteiger partial charge on any atom is 0.255 e. The van der Waals surface area contributed by atoms with E-state index in [-0.39, 0.29) is 12.0 Å². The molecule has 2 atom stereocenters. The molecule has 0 bridgehead atoms. The van der Waals surface area contributed by atoms with Gasteiger partial charge in [0.25, 0.3) is 5.91 Å². The summed E-state index contributed by atoms with van der Waals surface area (Å²) in [6.07, 6.45) is 3.67. The summed E-state index contributed by atoms with van der Waals surface area (Å²) in [7, 11) is 1.77. The van der Waals surface area contributed by atoms with Crippen LogP contribution in [-0.2, 0) is 11.2 Å². The van der Waals surface area contributed by atoms with E-state index in [1.165, 1.54) is 5.56 Å². The van der Waals surface area contributed by atoms with Gasteiger partial charge in [-0.25, -0.2) is 0 Å². The van der Waals surface area contributed by atoms with E-state index < -0.39 is 0 Å². The van der Waals surface area contributed by atoms with Gasteiger partial charge >= 0.3 is 0 Å². The maximum atomic E-state index is 12.7. The fourth-order valence-corrected chi connectivity index (χ4v) is 3.40. The lowest BCUT2D eigenvalue weighted by molar-refractivity contribution is -0.00300. The molecule has 0 unspecified atom stereocenters. The van der Waals surface area contributed by atoms with Crippen molar-refractivity contribution >= 4 is 5.91 Å². The van der Waals surface area contributed by atoms with E-state index in [4.69, 9.17) is 4.74 Å². The summed E-state index contributed by atoms with van der Waals surface area (Å²) in [6, 6.07) is 14.2. The van der Waals surface area contributed by atoms with E-state index >= 15 is 0 Å². The lowest BCUT2D eigenvalue weighted by Gasteiger charge is -2.38. The molecule has 1 aliphatic heterocycles. The normalized spacial score (nSPS) is 20.8. The summed E-state index contributed by atoms with van der Waals surface area (Å²) in [5.74, 6) is 0.378. The second kappa shape index (κ2) is 7.58. The molecule has 4 heteroatoms. The average Bonchev–Trinajstić information content (AvgIpc) is 2.62. The molecule has 2 heterocycles. The molecule has 0 spiro atoms. The number of aromatic nitrogens is 1. The van der Waals surface area contributed by atoms with Gasteiger partial charge in [0.05, 0.1) is 11.7 Å². The van der Waals surface area contributed by atoms with Crippen molar-refractivity contribution in [3.63, 3.8) is 0 Å². The molecule has 1 amide bonds. The van der Waals surface area contributed by atoms with Crippen LogP contribution in [0.5, 0.6) is 0 Å². The van der Waals surface area contributed by atoms with E-state index in [1.807, 2.05) is 30.0 Å². The molecular formula is C20H24N2O2. The first-order chi connectivity index (χ1) is 11.7. The predicted octanol–water partition coefficient (Wildman–Crippen LogP) is 3.11. The molecule has 24 heavy (non-hydrogen) atoms. The molecule has 0 radical (unpaired) electrons. The zero-order valence-corrected chi connectivity index (χ0v) is 14.3. The molecule has 1 aromatic heterocycles. The molecule has 4 nitrogen and oxygen atoms in total. The number of likely N-dealkylation sites (tertiary alicyclic amines) is 1. The minimum absolute atomic E-state index is 0.0649. The second-order valence-corrected chi connectivity index (χ2v) is 6.45. The summed E-state index contributed by atoms with van der Waals surface area (Å²) in [5, 5.41) is 0. The number of carbonyl (C=O) groups excluding carboxylic acids is 1. The van der Waals surface area contributed by atoms with E-state index in [2.05, 4.69) is 29.2 Å². The Morgan fingerprint density at radius 2 is 2.04 bits per heavy atom. The third-order valence-corrected chi connectivity index (χ3v) is 4.75. The Morgan fingerprint density at radius 1 is 1.25 bits per heavy atom. The number of benzene rings is 1. The lowest BCUT2D eigenvalue weighted by Crippen LogP contribution is -2.47. The second-order valence-electron chi connectivity index (χ2n) is 6.45. The Labute approximate surface area is 143 Å². The van der Waals surface area contributed by atoms with Gasteiger partial charge in [0.15, 0.2) is 0 Å². The first-order valence-corrected chi connectivity index (χ1v) is 8.46. The van der Waals surface area contributed by atoms with Gasteiger partial charge in [-0.3, -0.25) is 9.78 Å². The highest BCUT2D eigenvalue weighted by molar-refractivity contribution is 5.94. The standard InChI is InChI=1S/C20H24N2O2/c1-15-8-9-17(13-21-15)20(23)22-11-10-19(24-2)18(14-22)12-16-6-4-3-5-7-16/h3-9,13,18-19H,10-12,14H2,1-2H3/t18-,19+/m1/s1. The molecule has 0 saturated carbocycles. The van der Waals surface area contributed by atoms with Gasteiger partial charge in [0.1, 0.15) is 0 Å². The number of pyridine rings is 1. The summed E-state index contributed by atoms with van der Waals surface area (Å²) >= 11 is 0. The van der Waals surface area contributed by atoms with Crippen molar-refractivity contribution in [1.82, 2.24) is 9.88 Å².